The minimum Gasteiger partial charge on any atom is -0.399 e. The van der Waals surface area contributed by atoms with E-state index in [2.05, 4.69) is 24.2 Å². The fourth-order valence-electron chi connectivity index (χ4n) is 1.54. The predicted molar refractivity (Wildman–Crippen MR) is 70.5 cm³/mol. The molecule has 1 heterocycles. The molecular formula is C13H16N2S. The molecule has 2 aromatic rings. The predicted octanol–water partition coefficient (Wildman–Crippen LogP) is 3.59. The molecule has 0 aliphatic carbocycles. The summed E-state index contributed by atoms with van der Waals surface area (Å²) in [6, 6.07) is 7.86. The summed E-state index contributed by atoms with van der Waals surface area (Å²) < 4.78 is 0. The highest BCUT2D eigenvalue weighted by Crippen LogP contribution is 2.24. The van der Waals surface area contributed by atoms with Gasteiger partial charge in [0.15, 0.2) is 0 Å². The summed E-state index contributed by atoms with van der Waals surface area (Å²) in [4.78, 5) is 4.63. The fraction of sp³-hybridized carbons (Fsp3) is 0.308. The Balaban J connectivity index is 2.21. The number of benzene rings is 1. The molecule has 2 rings (SSSR count). The van der Waals surface area contributed by atoms with E-state index in [0.717, 1.165) is 23.4 Å². The molecule has 0 saturated carbocycles. The van der Waals surface area contributed by atoms with Crippen molar-refractivity contribution in [3.8, 4) is 11.3 Å². The van der Waals surface area contributed by atoms with Gasteiger partial charge in [-0.05, 0) is 18.1 Å². The Morgan fingerprint density at radius 3 is 2.56 bits per heavy atom. The van der Waals surface area contributed by atoms with Crippen LogP contribution in [0.2, 0.25) is 0 Å². The van der Waals surface area contributed by atoms with Crippen LogP contribution < -0.4 is 5.73 Å². The van der Waals surface area contributed by atoms with E-state index in [-0.39, 0.29) is 0 Å². The van der Waals surface area contributed by atoms with Gasteiger partial charge in [0.2, 0.25) is 0 Å². The van der Waals surface area contributed by atoms with Crippen LogP contribution in [-0.2, 0) is 6.42 Å². The van der Waals surface area contributed by atoms with E-state index < -0.39 is 0 Å². The molecule has 0 bridgehead atoms. The van der Waals surface area contributed by atoms with E-state index in [1.54, 1.807) is 11.3 Å². The van der Waals surface area contributed by atoms with Gasteiger partial charge in [-0.25, -0.2) is 4.98 Å². The molecule has 0 atom stereocenters. The van der Waals surface area contributed by atoms with Crippen molar-refractivity contribution in [3.05, 3.63) is 34.7 Å². The molecule has 0 amide bonds. The third-order valence-corrected chi connectivity index (χ3v) is 3.21. The van der Waals surface area contributed by atoms with Crippen molar-refractivity contribution in [2.45, 2.75) is 20.3 Å². The Morgan fingerprint density at radius 2 is 1.94 bits per heavy atom. The fourth-order valence-corrected chi connectivity index (χ4v) is 2.56. The molecule has 0 unspecified atom stereocenters. The molecule has 84 valence electrons. The number of nitrogens with two attached hydrogens (primary N) is 1. The number of aromatic nitrogens is 1. The number of hydrogen-bond donors (Lipinski definition) is 1. The monoisotopic (exact) mass is 232 g/mol. The summed E-state index contributed by atoms with van der Waals surface area (Å²) in [5.41, 5.74) is 8.65. The highest BCUT2D eigenvalue weighted by molar-refractivity contribution is 7.09. The van der Waals surface area contributed by atoms with Gasteiger partial charge in [-0.15, -0.1) is 11.3 Å². The van der Waals surface area contributed by atoms with Gasteiger partial charge in [0.05, 0.1) is 10.7 Å². The van der Waals surface area contributed by atoms with Crippen LogP contribution in [0.1, 0.15) is 18.9 Å². The maximum Gasteiger partial charge on any atom is 0.0935 e. The Kier molecular flexibility index (Phi) is 3.25. The van der Waals surface area contributed by atoms with Crippen molar-refractivity contribution in [1.82, 2.24) is 4.98 Å². The summed E-state index contributed by atoms with van der Waals surface area (Å²) in [5, 5.41) is 3.32. The summed E-state index contributed by atoms with van der Waals surface area (Å²) in [6.45, 7) is 4.43. The van der Waals surface area contributed by atoms with Gasteiger partial charge in [-0.1, -0.05) is 26.0 Å². The Labute approximate surface area is 100 Å². The number of nitrogens with zero attached hydrogens (tertiary/aromatic N) is 1. The maximum atomic E-state index is 5.66. The van der Waals surface area contributed by atoms with Gasteiger partial charge < -0.3 is 5.73 Å². The van der Waals surface area contributed by atoms with Crippen molar-refractivity contribution < 1.29 is 0 Å². The van der Waals surface area contributed by atoms with E-state index in [4.69, 9.17) is 5.73 Å². The van der Waals surface area contributed by atoms with E-state index >= 15 is 0 Å². The van der Waals surface area contributed by atoms with E-state index in [1.165, 1.54) is 5.01 Å². The summed E-state index contributed by atoms with van der Waals surface area (Å²) in [5.74, 6) is 0.658. The molecule has 2 nitrogen and oxygen atoms in total. The maximum absolute atomic E-state index is 5.66. The van der Waals surface area contributed by atoms with Gasteiger partial charge >= 0.3 is 0 Å². The largest absolute Gasteiger partial charge is 0.399 e. The molecule has 0 aliphatic rings. The summed E-state index contributed by atoms with van der Waals surface area (Å²) in [6.07, 6.45) is 1.06. The Morgan fingerprint density at radius 1 is 1.25 bits per heavy atom. The normalized spacial score (nSPS) is 10.9. The molecule has 0 fully saturated rings. The molecule has 3 heteroatoms. The van der Waals surface area contributed by atoms with Crippen LogP contribution in [0.15, 0.2) is 29.6 Å². The molecule has 2 N–H and O–H groups in total. The Hall–Kier alpha value is -1.35. The van der Waals surface area contributed by atoms with Gasteiger partial charge in [0.25, 0.3) is 0 Å². The lowest BCUT2D eigenvalue weighted by molar-refractivity contribution is 0.645. The van der Waals surface area contributed by atoms with E-state index in [0.29, 0.717) is 5.92 Å². The van der Waals surface area contributed by atoms with Crippen molar-refractivity contribution in [3.63, 3.8) is 0 Å². The van der Waals surface area contributed by atoms with Crippen LogP contribution in [0, 0.1) is 5.92 Å². The third-order valence-electron chi connectivity index (χ3n) is 2.34. The van der Waals surface area contributed by atoms with Crippen LogP contribution in [0.25, 0.3) is 11.3 Å². The van der Waals surface area contributed by atoms with Crippen LogP contribution in [0.4, 0.5) is 5.69 Å². The SMILES string of the molecule is CC(C)Cc1nc(-c2ccc(N)cc2)cs1. The molecule has 0 spiro atoms. The number of thiazole rings is 1. The second kappa shape index (κ2) is 4.66. The highest BCUT2D eigenvalue weighted by Gasteiger charge is 2.05. The number of hydrogen-bond acceptors (Lipinski definition) is 3. The average molecular weight is 232 g/mol. The van der Waals surface area contributed by atoms with Gasteiger partial charge in [-0.3, -0.25) is 0 Å². The zero-order valence-electron chi connectivity index (χ0n) is 9.60. The first-order valence-electron chi connectivity index (χ1n) is 5.45. The molecule has 0 saturated heterocycles. The first-order valence-corrected chi connectivity index (χ1v) is 6.33. The minimum absolute atomic E-state index is 0.658. The standard InChI is InChI=1S/C13H16N2S/c1-9(2)7-13-15-12(8-16-13)10-3-5-11(14)6-4-10/h3-6,8-9H,7,14H2,1-2H3. The van der Waals surface area contributed by atoms with Gasteiger partial charge in [0.1, 0.15) is 0 Å². The van der Waals surface area contributed by atoms with E-state index in [1.807, 2.05) is 24.3 Å². The summed E-state index contributed by atoms with van der Waals surface area (Å²) >= 11 is 1.73. The van der Waals surface area contributed by atoms with Gasteiger partial charge in [-0.2, -0.15) is 0 Å². The number of nitrogen functional groups attached to an aromatic ring is 1. The summed E-state index contributed by atoms with van der Waals surface area (Å²) in [7, 11) is 0. The lowest BCUT2D eigenvalue weighted by Gasteiger charge is -1.99. The molecule has 0 aliphatic heterocycles. The van der Waals surface area contributed by atoms with Crippen LogP contribution >= 0.6 is 11.3 Å². The second-order valence-corrected chi connectivity index (χ2v) is 5.29. The third kappa shape index (κ3) is 2.61. The molecule has 1 aromatic heterocycles. The van der Waals surface area contributed by atoms with Crippen LogP contribution in [-0.4, -0.2) is 4.98 Å². The zero-order chi connectivity index (χ0) is 11.5. The first kappa shape index (κ1) is 11.1. The van der Waals surface area contributed by atoms with Crippen LogP contribution in [0.5, 0.6) is 0 Å². The molecular weight excluding hydrogens is 216 g/mol. The Bertz CT molecular complexity index is 457. The van der Waals surface area contributed by atoms with Gasteiger partial charge in [0, 0.05) is 23.1 Å². The quantitative estimate of drug-likeness (QED) is 0.821. The zero-order valence-corrected chi connectivity index (χ0v) is 10.4. The van der Waals surface area contributed by atoms with E-state index in [9.17, 15) is 0 Å². The minimum atomic E-state index is 0.658. The lowest BCUT2D eigenvalue weighted by atomic mass is 10.1. The average Bonchev–Trinajstić information content (AvgIpc) is 2.66. The smallest absolute Gasteiger partial charge is 0.0935 e. The van der Waals surface area contributed by atoms with Crippen LogP contribution in [0.3, 0.4) is 0 Å². The number of rotatable bonds is 3. The topological polar surface area (TPSA) is 38.9 Å². The first-order chi connectivity index (χ1) is 7.65. The molecule has 0 radical (unpaired) electrons. The van der Waals surface area contributed by atoms with Crippen molar-refractivity contribution in [1.29, 1.82) is 0 Å². The number of anilines is 1. The highest BCUT2D eigenvalue weighted by atomic mass is 32.1. The van der Waals surface area contributed by atoms with Crippen molar-refractivity contribution >= 4 is 17.0 Å². The van der Waals surface area contributed by atoms with Crippen molar-refractivity contribution in [2.75, 3.05) is 5.73 Å². The second-order valence-electron chi connectivity index (χ2n) is 4.35. The van der Waals surface area contributed by atoms with Crippen molar-refractivity contribution in [2.24, 2.45) is 5.92 Å². The lowest BCUT2D eigenvalue weighted by Crippen LogP contribution is -1.92. The molecule has 16 heavy (non-hydrogen) atoms. The molecule has 1 aromatic carbocycles.